The van der Waals surface area contributed by atoms with Crippen LogP contribution >= 0.6 is 0 Å². The molecule has 0 fully saturated rings. The van der Waals surface area contributed by atoms with Crippen LogP contribution in [0.5, 0.6) is 5.75 Å². The maximum Gasteiger partial charge on any atom is 0.251 e. The van der Waals surface area contributed by atoms with Crippen molar-refractivity contribution in [3.63, 3.8) is 0 Å². The number of guanidine groups is 1. The van der Waals surface area contributed by atoms with Gasteiger partial charge in [0.1, 0.15) is 11.4 Å². The number of carbonyl (C=O) groups excluding carboxylic acids is 2. The molecular weight excluding hydrogens is 504 g/mol. The molecule has 2 amide bonds. The molecule has 0 saturated carbocycles. The van der Waals surface area contributed by atoms with Crippen LogP contribution in [0.2, 0.25) is 0 Å². The second-order valence-electron chi connectivity index (χ2n) is 11.4. The van der Waals surface area contributed by atoms with Gasteiger partial charge >= 0.3 is 0 Å². The van der Waals surface area contributed by atoms with Crippen molar-refractivity contribution in [1.82, 2.24) is 10.6 Å². The van der Waals surface area contributed by atoms with E-state index in [2.05, 4.69) is 47.7 Å². The van der Waals surface area contributed by atoms with E-state index in [-0.39, 0.29) is 41.6 Å². The molecule has 8 nitrogen and oxygen atoms in total. The van der Waals surface area contributed by atoms with Gasteiger partial charge in [-0.1, -0.05) is 38.5 Å². The highest BCUT2D eigenvalue weighted by molar-refractivity contribution is 5.98. The van der Waals surface area contributed by atoms with E-state index in [9.17, 15) is 9.59 Å². The zero-order chi connectivity index (χ0) is 28.9. The lowest BCUT2D eigenvalue weighted by Gasteiger charge is -2.38. The monoisotopic (exact) mass is 548 g/mol. The Balaban J connectivity index is 0.00000181. The van der Waals surface area contributed by atoms with Crippen LogP contribution in [0.15, 0.2) is 41.4 Å². The molecule has 0 saturated heterocycles. The summed E-state index contributed by atoms with van der Waals surface area (Å²) < 4.78 is 11.8. The van der Waals surface area contributed by atoms with Crippen LogP contribution in [0.3, 0.4) is 0 Å². The Kier molecular flexibility index (Phi) is 9.51. The average Bonchev–Trinajstić information content (AvgIpc) is 3.34. The number of ether oxygens (including phenoxy) is 2. The second kappa shape index (κ2) is 12.9. The van der Waals surface area contributed by atoms with E-state index in [1.165, 1.54) is 16.7 Å². The van der Waals surface area contributed by atoms with Crippen LogP contribution in [0, 0.1) is 0 Å². The number of nitrogens with one attached hydrogen (secondary N) is 2. The molecule has 3 unspecified atom stereocenters. The zero-order valence-electron chi connectivity index (χ0n) is 24.5. The first-order valence-electron chi connectivity index (χ1n) is 14.6. The van der Waals surface area contributed by atoms with Gasteiger partial charge in [0.25, 0.3) is 5.91 Å². The van der Waals surface area contributed by atoms with E-state index in [0.29, 0.717) is 18.4 Å². The van der Waals surface area contributed by atoms with Crippen LogP contribution < -0.4 is 21.1 Å². The number of fused-ring (bicyclic) bond motifs is 2. The lowest BCUT2D eigenvalue weighted by Crippen LogP contribution is -2.43. The number of hydrogen-bond acceptors (Lipinski definition) is 6. The predicted molar refractivity (Wildman–Crippen MR) is 158 cm³/mol. The number of methoxy groups -OCH3 is 1. The Morgan fingerprint density at radius 1 is 1.12 bits per heavy atom. The molecule has 3 atom stereocenters. The molecule has 4 N–H and O–H groups in total. The summed E-state index contributed by atoms with van der Waals surface area (Å²) in [5.74, 6) is 0.914. The van der Waals surface area contributed by atoms with E-state index in [4.69, 9.17) is 15.2 Å². The third kappa shape index (κ3) is 7.22. The van der Waals surface area contributed by atoms with Crippen molar-refractivity contribution in [2.75, 3.05) is 7.11 Å². The van der Waals surface area contributed by atoms with E-state index >= 15 is 0 Å². The van der Waals surface area contributed by atoms with E-state index in [0.717, 1.165) is 49.8 Å². The summed E-state index contributed by atoms with van der Waals surface area (Å²) in [6, 6.07) is 12.1. The van der Waals surface area contributed by atoms with Crippen molar-refractivity contribution in [2.24, 2.45) is 10.7 Å². The van der Waals surface area contributed by atoms with Gasteiger partial charge in [-0.15, -0.1) is 0 Å². The molecule has 1 aliphatic carbocycles. The molecule has 0 radical (unpaired) electrons. The van der Waals surface area contributed by atoms with Crippen molar-refractivity contribution in [3.05, 3.63) is 64.2 Å². The number of nitrogens with zero attached hydrogens (tertiary/aromatic N) is 1. The van der Waals surface area contributed by atoms with Crippen LogP contribution in [0.1, 0.15) is 98.5 Å². The van der Waals surface area contributed by atoms with Gasteiger partial charge in [-0.05, 0) is 80.8 Å². The smallest absolute Gasteiger partial charge is 0.251 e. The van der Waals surface area contributed by atoms with Gasteiger partial charge in [0, 0.05) is 31.1 Å². The molecule has 0 aromatic heterocycles. The predicted octanol–water partition coefficient (Wildman–Crippen LogP) is 4.77. The fraction of sp³-hybridized carbons (Fsp3) is 0.531. The molecule has 2 aromatic carbocycles. The Hall–Kier alpha value is -3.39. The van der Waals surface area contributed by atoms with Gasteiger partial charge in [0.05, 0.1) is 18.2 Å². The Bertz CT molecular complexity index is 1260. The number of aliphatic imine (C=N–C) groups is 1. The van der Waals surface area contributed by atoms with Gasteiger partial charge in [-0.2, -0.15) is 0 Å². The molecule has 2 aliphatic heterocycles. The summed E-state index contributed by atoms with van der Waals surface area (Å²) >= 11 is 0. The van der Waals surface area contributed by atoms with Crippen molar-refractivity contribution in [1.29, 1.82) is 0 Å². The third-order valence-corrected chi connectivity index (χ3v) is 7.80. The van der Waals surface area contributed by atoms with Gasteiger partial charge in [-0.25, -0.2) is 4.99 Å². The molecule has 2 aromatic rings. The number of unbranched alkanes of at least 4 members (excludes halogenated alkanes) is 1. The largest absolute Gasteiger partial charge is 0.487 e. The van der Waals surface area contributed by atoms with Gasteiger partial charge < -0.3 is 20.5 Å². The van der Waals surface area contributed by atoms with Crippen molar-refractivity contribution in [2.45, 2.75) is 103 Å². The van der Waals surface area contributed by atoms with Crippen LogP contribution in [0.4, 0.5) is 0 Å². The number of nitrogens with two attached hydrogens (primary N) is 1. The first kappa shape index (κ1) is 29.6. The summed E-state index contributed by atoms with van der Waals surface area (Å²) in [5, 5.41) is 5.84. The highest BCUT2D eigenvalue weighted by Crippen LogP contribution is 2.40. The van der Waals surface area contributed by atoms with Crippen LogP contribution in [-0.4, -0.2) is 42.6 Å². The number of benzene rings is 2. The highest BCUT2D eigenvalue weighted by Gasteiger charge is 2.35. The van der Waals surface area contributed by atoms with Crippen molar-refractivity contribution < 1.29 is 19.1 Å². The molecule has 40 heavy (non-hydrogen) atoms. The van der Waals surface area contributed by atoms with E-state index < -0.39 is 0 Å². The van der Waals surface area contributed by atoms with Gasteiger partial charge in [0.2, 0.25) is 5.91 Å². The van der Waals surface area contributed by atoms with E-state index in [1.807, 2.05) is 32.0 Å². The summed E-state index contributed by atoms with van der Waals surface area (Å²) in [6.07, 6.45) is 6.69. The quantitative estimate of drug-likeness (QED) is 0.411. The number of rotatable bonds is 8. The highest BCUT2D eigenvalue weighted by atomic mass is 16.5. The number of amides is 2. The first-order valence-corrected chi connectivity index (χ1v) is 14.6. The maximum atomic E-state index is 13.3. The van der Waals surface area contributed by atoms with Crippen LogP contribution in [-0.2, 0) is 28.8 Å². The van der Waals surface area contributed by atoms with Gasteiger partial charge in [-0.3, -0.25) is 14.9 Å². The minimum absolute atomic E-state index is 0.0397. The Labute approximate surface area is 238 Å². The fourth-order valence-corrected chi connectivity index (χ4v) is 5.87. The first-order chi connectivity index (χ1) is 19.2. The lowest BCUT2D eigenvalue weighted by atomic mass is 9.88. The zero-order valence-corrected chi connectivity index (χ0v) is 24.5. The fourth-order valence-electron chi connectivity index (χ4n) is 5.87. The number of hydrogen-bond donors (Lipinski definition) is 3. The molecule has 8 heteroatoms. The molecule has 0 spiro atoms. The average molecular weight is 549 g/mol. The van der Waals surface area contributed by atoms with Crippen LogP contribution in [0.25, 0.3) is 0 Å². The second-order valence-corrected chi connectivity index (χ2v) is 11.4. The SMILES string of the molecule is CC.COC1Cc2ccc(C(=O)NC3CC(C)(C)Oc4ccc(CCCCC5CC(=O)NC(N)=N5)cc43)cc2C1. The van der Waals surface area contributed by atoms with Crippen molar-refractivity contribution in [3.8, 4) is 5.75 Å². The molecule has 2 heterocycles. The maximum absolute atomic E-state index is 13.3. The van der Waals surface area contributed by atoms with E-state index in [1.54, 1.807) is 7.11 Å². The molecule has 0 bridgehead atoms. The summed E-state index contributed by atoms with van der Waals surface area (Å²) in [5.41, 5.74) is 10.7. The Morgan fingerprint density at radius 3 is 2.65 bits per heavy atom. The standard InChI is InChI=1S/C30H38N4O4.C2H6/c1-30(2)17-25(33-28(36)20-10-9-19-14-23(37-3)15-21(19)13-20)24-12-18(8-11-26(24)38-30)6-4-5-7-22-16-27(35)34-29(31)32-22;1-2/h8-13,22-23,25H,4-7,14-17H2,1-3H3,(H,33,36)(H3,31,32,34,35);1-2H3. The molecular formula is C32H44N4O4. The Morgan fingerprint density at radius 2 is 1.90 bits per heavy atom. The lowest BCUT2D eigenvalue weighted by molar-refractivity contribution is -0.120. The topological polar surface area (TPSA) is 115 Å². The summed E-state index contributed by atoms with van der Waals surface area (Å²) in [4.78, 5) is 29.4. The third-order valence-electron chi connectivity index (χ3n) is 7.80. The minimum Gasteiger partial charge on any atom is -0.487 e. The van der Waals surface area contributed by atoms with Crippen molar-refractivity contribution >= 4 is 17.8 Å². The summed E-state index contributed by atoms with van der Waals surface area (Å²) in [6.45, 7) is 8.12. The normalized spacial score (nSPS) is 22.5. The molecule has 216 valence electrons. The van der Waals surface area contributed by atoms with Gasteiger partial charge in [0.15, 0.2) is 5.96 Å². The summed E-state index contributed by atoms with van der Waals surface area (Å²) in [7, 11) is 1.74. The molecule has 5 rings (SSSR count). The number of aryl methyl sites for hydroxylation is 1. The minimum atomic E-state index is -0.384. The number of carbonyl (C=O) groups is 2. The molecule has 3 aliphatic rings.